The molecule has 1 atom stereocenters. The molecule has 1 heteroatoms. The zero-order valence-electron chi connectivity index (χ0n) is 10.6. The van der Waals surface area contributed by atoms with Crippen LogP contribution in [-0.2, 0) is 4.74 Å². The Kier molecular flexibility index (Phi) is 4.16. The van der Waals surface area contributed by atoms with Gasteiger partial charge >= 0.3 is 0 Å². The Labute approximate surface area is 104 Å². The van der Waals surface area contributed by atoms with Crippen molar-refractivity contribution in [3.05, 3.63) is 59.7 Å². The molecule has 0 aromatic heterocycles. The first-order chi connectivity index (χ1) is 8.25. The van der Waals surface area contributed by atoms with Crippen molar-refractivity contribution in [3.8, 4) is 0 Å². The lowest BCUT2D eigenvalue weighted by Gasteiger charge is -2.21. The molecule has 1 aromatic carbocycles. The second kappa shape index (κ2) is 5.83. The molecule has 0 N–H and O–H groups in total. The molecule has 2 rings (SSSR count). The van der Waals surface area contributed by atoms with Crippen molar-refractivity contribution in [2.24, 2.45) is 0 Å². The van der Waals surface area contributed by atoms with Crippen LogP contribution in [0.5, 0.6) is 0 Å². The first kappa shape index (κ1) is 12.1. The van der Waals surface area contributed by atoms with Gasteiger partial charge in [0.25, 0.3) is 0 Å². The van der Waals surface area contributed by atoms with Gasteiger partial charge in [0, 0.05) is 6.42 Å². The number of benzene rings is 1. The van der Waals surface area contributed by atoms with Crippen molar-refractivity contribution < 1.29 is 4.74 Å². The summed E-state index contributed by atoms with van der Waals surface area (Å²) in [6, 6.07) is 10.5. The molecule has 1 unspecified atom stereocenters. The molecule has 0 heterocycles. The van der Waals surface area contributed by atoms with Gasteiger partial charge in [0.05, 0.1) is 12.2 Å². The lowest BCUT2D eigenvalue weighted by molar-refractivity contribution is 0.00735. The van der Waals surface area contributed by atoms with Crippen LogP contribution in [0.4, 0.5) is 0 Å². The highest BCUT2D eigenvalue weighted by Crippen LogP contribution is 2.28. The first-order valence-corrected chi connectivity index (χ1v) is 6.31. The predicted molar refractivity (Wildman–Crippen MR) is 71.9 cm³/mol. The van der Waals surface area contributed by atoms with E-state index in [-0.39, 0.29) is 12.2 Å². The minimum Gasteiger partial charge on any atom is -0.371 e. The van der Waals surface area contributed by atoms with Crippen LogP contribution in [0.15, 0.2) is 54.1 Å². The molecule has 1 aromatic rings. The molecule has 0 radical (unpaired) electrons. The quantitative estimate of drug-likeness (QED) is 0.724. The van der Waals surface area contributed by atoms with Crippen molar-refractivity contribution in [1.29, 1.82) is 0 Å². The normalized spacial score (nSPS) is 16.3. The SMILES string of the molecule is CC(C)OC(CC1=CCC=C1)c1ccccc1. The highest BCUT2D eigenvalue weighted by molar-refractivity contribution is 5.29. The molecule has 1 aliphatic carbocycles. The van der Waals surface area contributed by atoms with Gasteiger partial charge < -0.3 is 4.74 Å². The van der Waals surface area contributed by atoms with Gasteiger partial charge in [-0.1, -0.05) is 48.6 Å². The summed E-state index contributed by atoms with van der Waals surface area (Å²) in [6.45, 7) is 4.18. The van der Waals surface area contributed by atoms with Gasteiger partial charge in [0.2, 0.25) is 0 Å². The summed E-state index contributed by atoms with van der Waals surface area (Å²) in [7, 11) is 0. The minimum absolute atomic E-state index is 0.171. The van der Waals surface area contributed by atoms with E-state index in [1.807, 2.05) is 6.07 Å². The number of allylic oxidation sites excluding steroid dienone is 3. The fraction of sp³-hybridized carbons (Fsp3) is 0.375. The largest absolute Gasteiger partial charge is 0.371 e. The molecule has 0 saturated heterocycles. The molecule has 0 amide bonds. The van der Waals surface area contributed by atoms with E-state index in [1.54, 1.807) is 0 Å². The Morgan fingerprint density at radius 1 is 1.18 bits per heavy atom. The third-order valence-electron chi connectivity index (χ3n) is 2.88. The van der Waals surface area contributed by atoms with E-state index < -0.39 is 0 Å². The van der Waals surface area contributed by atoms with Crippen LogP contribution < -0.4 is 0 Å². The fourth-order valence-electron chi connectivity index (χ4n) is 2.11. The Morgan fingerprint density at radius 3 is 2.53 bits per heavy atom. The van der Waals surface area contributed by atoms with Gasteiger partial charge in [-0.3, -0.25) is 0 Å². The molecule has 0 saturated carbocycles. The molecule has 1 nitrogen and oxygen atoms in total. The minimum atomic E-state index is 0.171. The average molecular weight is 228 g/mol. The third kappa shape index (κ3) is 3.57. The van der Waals surface area contributed by atoms with Gasteiger partial charge in [0.15, 0.2) is 0 Å². The standard InChI is InChI=1S/C16H20O/c1-13(2)17-16(12-14-8-6-7-9-14)15-10-4-3-5-11-15/h3-6,8-11,13,16H,7,12H2,1-2H3. The zero-order chi connectivity index (χ0) is 12.1. The molecule has 1 aliphatic rings. The number of hydrogen-bond donors (Lipinski definition) is 0. The third-order valence-corrected chi connectivity index (χ3v) is 2.88. The molecule has 0 fully saturated rings. The van der Waals surface area contributed by atoms with Crippen LogP contribution >= 0.6 is 0 Å². The molecule has 0 aliphatic heterocycles. The van der Waals surface area contributed by atoms with Gasteiger partial charge in [0.1, 0.15) is 0 Å². The Balaban J connectivity index is 2.10. The highest BCUT2D eigenvalue weighted by Gasteiger charge is 2.15. The van der Waals surface area contributed by atoms with Gasteiger partial charge in [-0.05, 0) is 31.4 Å². The van der Waals surface area contributed by atoms with Crippen molar-refractivity contribution in [3.63, 3.8) is 0 Å². The highest BCUT2D eigenvalue weighted by atomic mass is 16.5. The lowest BCUT2D eigenvalue weighted by Crippen LogP contribution is -2.11. The zero-order valence-corrected chi connectivity index (χ0v) is 10.6. The van der Waals surface area contributed by atoms with Crippen molar-refractivity contribution in [1.82, 2.24) is 0 Å². The summed E-state index contributed by atoms with van der Waals surface area (Å²) in [5.74, 6) is 0. The first-order valence-electron chi connectivity index (χ1n) is 6.31. The van der Waals surface area contributed by atoms with Gasteiger partial charge in [-0.2, -0.15) is 0 Å². The van der Waals surface area contributed by atoms with Crippen LogP contribution in [0.2, 0.25) is 0 Å². The Morgan fingerprint density at radius 2 is 1.94 bits per heavy atom. The average Bonchev–Trinajstić information content (AvgIpc) is 2.82. The summed E-state index contributed by atoms with van der Waals surface area (Å²) in [6.07, 6.45) is 9.15. The van der Waals surface area contributed by atoms with Crippen LogP contribution in [0.1, 0.15) is 38.4 Å². The van der Waals surface area contributed by atoms with E-state index in [2.05, 4.69) is 56.3 Å². The Bertz CT molecular complexity index is 401. The maximum absolute atomic E-state index is 6.02. The van der Waals surface area contributed by atoms with Crippen LogP contribution in [0.3, 0.4) is 0 Å². The monoisotopic (exact) mass is 228 g/mol. The van der Waals surface area contributed by atoms with Crippen molar-refractivity contribution in [2.45, 2.75) is 38.9 Å². The van der Waals surface area contributed by atoms with Crippen LogP contribution in [0, 0.1) is 0 Å². The fourth-order valence-corrected chi connectivity index (χ4v) is 2.11. The second-order valence-corrected chi connectivity index (χ2v) is 4.71. The summed E-state index contributed by atoms with van der Waals surface area (Å²) in [5, 5.41) is 0. The van der Waals surface area contributed by atoms with Gasteiger partial charge in [-0.15, -0.1) is 0 Å². The predicted octanol–water partition coefficient (Wildman–Crippen LogP) is 4.43. The molecule has 0 bridgehead atoms. The second-order valence-electron chi connectivity index (χ2n) is 4.71. The summed E-state index contributed by atoms with van der Waals surface area (Å²) >= 11 is 0. The van der Waals surface area contributed by atoms with E-state index in [0.29, 0.717) is 0 Å². The van der Waals surface area contributed by atoms with E-state index in [0.717, 1.165) is 12.8 Å². The van der Waals surface area contributed by atoms with Crippen molar-refractivity contribution >= 4 is 0 Å². The van der Waals surface area contributed by atoms with Crippen molar-refractivity contribution in [2.75, 3.05) is 0 Å². The maximum atomic E-state index is 6.02. The summed E-state index contributed by atoms with van der Waals surface area (Å²) < 4.78 is 6.02. The van der Waals surface area contributed by atoms with E-state index in [1.165, 1.54) is 11.1 Å². The van der Waals surface area contributed by atoms with Gasteiger partial charge in [-0.25, -0.2) is 0 Å². The molecular formula is C16H20O. The van der Waals surface area contributed by atoms with E-state index >= 15 is 0 Å². The maximum Gasteiger partial charge on any atom is 0.0868 e. The topological polar surface area (TPSA) is 9.23 Å². The lowest BCUT2D eigenvalue weighted by atomic mass is 10.0. The molecule has 17 heavy (non-hydrogen) atoms. The summed E-state index contributed by atoms with van der Waals surface area (Å²) in [5.41, 5.74) is 2.65. The van der Waals surface area contributed by atoms with E-state index in [4.69, 9.17) is 4.74 Å². The number of ether oxygens (including phenoxy) is 1. The number of hydrogen-bond acceptors (Lipinski definition) is 1. The molecular weight excluding hydrogens is 208 g/mol. The smallest absolute Gasteiger partial charge is 0.0868 e. The summed E-state index contributed by atoms with van der Waals surface area (Å²) in [4.78, 5) is 0. The van der Waals surface area contributed by atoms with Crippen LogP contribution in [0.25, 0.3) is 0 Å². The van der Waals surface area contributed by atoms with Crippen LogP contribution in [-0.4, -0.2) is 6.10 Å². The molecule has 90 valence electrons. The molecule has 0 spiro atoms. The van der Waals surface area contributed by atoms with E-state index in [9.17, 15) is 0 Å². The Hall–Kier alpha value is -1.34. The number of rotatable bonds is 5.